The monoisotopic (exact) mass is 518 g/mol. The van der Waals surface area contributed by atoms with Gasteiger partial charge < -0.3 is 24.8 Å². The highest BCUT2D eigenvalue weighted by molar-refractivity contribution is 6.16. The van der Waals surface area contributed by atoms with Gasteiger partial charge >= 0.3 is 0 Å². The minimum atomic E-state index is -0.961. The topological polar surface area (TPSA) is 113 Å². The third-order valence-corrected chi connectivity index (χ3v) is 5.93. The molecule has 3 N–H and O–H groups in total. The van der Waals surface area contributed by atoms with Gasteiger partial charge in [-0.3, -0.25) is 9.59 Å². The molecule has 0 aromatic heterocycles. The van der Waals surface area contributed by atoms with Crippen LogP contribution in [0.2, 0.25) is 0 Å². The second kappa shape index (κ2) is 10.8. The molecule has 0 aliphatic rings. The van der Waals surface area contributed by atoms with Gasteiger partial charge in [0.15, 0.2) is 23.1 Å². The summed E-state index contributed by atoms with van der Waals surface area (Å²) in [6, 6.07) is 31.6. The minimum absolute atomic E-state index is 0.177. The standard InChI is InChI=1S/C32H22O7/c33-28(20-11-15-24(16-12-20)38-22-7-3-1-4-8-22)26-19-27(31(36)32(37)30(26)35)29(34)21-13-17-25(18-14-21)39-23-9-5-2-6-10-23/h1-19,35-37H. The fourth-order valence-electron chi connectivity index (χ4n) is 3.90. The molecule has 0 bridgehead atoms. The number of hydrogen-bond donors (Lipinski definition) is 3. The lowest BCUT2D eigenvalue weighted by molar-refractivity contribution is 0.103. The number of ketones is 2. The number of carbonyl (C=O) groups is 2. The average molecular weight is 519 g/mol. The number of aromatic hydroxyl groups is 3. The predicted molar refractivity (Wildman–Crippen MR) is 144 cm³/mol. The van der Waals surface area contributed by atoms with Crippen molar-refractivity contribution >= 4 is 11.6 Å². The van der Waals surface area contributed by atoms with Crippen molar-refractivity contribution in [2.45, 2.75) is 0 Å². The van der Waals surface area contributed by atoms with Crippen LogP contribution < -0.4 is 9.47 Å². The molecule has 0 aliphatic heterocycles. The van der Waals surface area contributed by atoms with Crippen molar-refractivity contribution in [3.63, 3.8) is 0 Å². The van der Waals surface area contributed by atoms with E-state index in [1.807, 2.05) is 36.4 Å². The van der Waals surface area contributed by atoms with Gasteiger partial charge in [-0.15, -0.1) is 0 Å². The molecule has 0 radical (unpaired) electrons. The maximum absolute atomic E-state index is 13.2. The highest BCUT2D eigenvalue weighted by Crippen LogP contribution is 2.42. The summed E-state index contributed by atoms with van der Waals surface area (Å²) in [5.74, 6) is -1.70. The zero-order chi connectivity index (χ0) is 27.4. The first-order valence-electron chi connectivity index (χ1n) is 11.9. The molecule has 0 saturated carbocycles. The zero-order valence-corrected chi connectivity index (χ0v) is 20.4. The van der Waals surface area contributed by atoms with Crippen LogP contribution in [0.1, 0.15) is 31.8 Å². The van der Waals surface area contributed by atoms with Gasteiger partial charge in [0.25, 0.3) is 0 Å². The smallest absolute Gasteiger partial charge is 0.201 e. The molecule has 39 heavy (non-hydrogen) atoms. The Morgan fingerprint density at radius 1 is 0.436 bits per heavy atom. The Kier molecular flexibility index (Phi) is 6.96. The molecule has 0 atom stereocenters. The summed E-state index contributed by atoms with van der Waals surface area (Å²) in [5, 5.41) is 31.2. The molecule has 5 rings (SSSR count). The van der Waals surface area contributed by atoms with Crippen molar-refractivity contribution < 1.29 is 34.4 Å². The summed E-state index contributed by atoms with van der Waals surface area (Å²) < 4.78 is 11.5. The van der Waals surface area contributed by atoms with Gasteiger partial charge in [-0.1, -0.05) is 36.4 Å². The molecular formula is C32H22O7. The molecule has 0 heterocycles. The molecule has 7 heteroatoms. The van der Waals surface area contributed by atoms with Crippen molar-refractivity contribution in [1.82, 2.24) is 0 Å². The SMILES string of the molecule is O=C(c1ccc(Oc2ccccc2)cc1)c1cc(C(=O)c2ccc(Oc3ccccc3)cc2)c(O)c(O)c1O. The van der Waals surface area contributed by atoms with Gasteiger partial charge in [0, 0.05) is 11.1 Å². The molecule has 0 unspecified atom stereocenters. The van der Waals surface area contributed by atoms with Crippen LogP contribution in [0.15, 0.2) is 115 Å². The molecular weight excluding hydrogens is 496 g/mol. The lowest BCUT2D eigenvalue weighted by atomic mass is 9.95. The summed E-state index contributed by atoms with van der Waals surface area (Å²) in [4.78, 5) is 26.4. The predicted octanol–water partition coefficient (Wildman–Crippen LogP) is 6.85. The van der Waals surface area contributed by atoms with E-state index in [9.17, 15) is 24.9 Å². The summed E-state index contributed by atoms with van der Waals surface area (Å²) >= 11 is 0. The Morgan fingerprint density at radius 2 is 0.769 bits per heavy atom. The number of phenolic OH excluding ortho intramolecular Hbond substituents is 3. The Hall–Kier alpha value is -5.56. The van der Waals surface area contributed by atoms with E-state index < -0.39 is 28.8 Å². The first kappa shape index (κ1) is 25.1. The molecule has 0 saturated heterocycles. The summed E-state index contributed by atoms with van der Waals surface area (Å²) in [6.45, 7) is 0. The number of benzene rings is 5. The first-order chi connectivity index (χ1) is 18.9. The maximum Gasteiger partial charge on any atom is 0.201 e. The molecule has 0 spiro atoms. The van der Waals surface area contributed by atoms with E-state index in [1.54, 1.807) is 48.5 Å². The van der Waals surface area contributed by atoms with Crippen LogP contribution >= 0.6 is 0 Å². The van der Waals surface area contributed by atoms with Crippen molar-refractivity contribution in [3.05, 3.63) is 138 Å². The molecule has 0 aliphatic carbocycles. The Balaban J connectivity index is 1.39. The molecule has 192 valence electrons. The fraction of sp³-hybridized carbons (Fsp3) is 0. The highest BCUT2D eigenvalue weighted by Gasteiger charge is 2.26. The maximum atomic E-state index is 13.2. The normalized spacial score (nSPS) is 10.6. The van der Waals surface area contributed by atoms with Gasteiger partial charge in [-0.25, -0.2) is 0 Å². The van der Waals surface area contributed by atoms with Crippen molar-refractivity contribution in [1.29, 1.82) is 0 Å². The minimum Gasteiger partial charge on any atom is -0.504 e. The van der Waals surface area contributed by atoms with Crippen LogP contribution in [0.4, 0.5) is 0 Å². The number of para-hydroxylation sites is 2. The van der Waals surface area contributed by atoms with Gasteiger partial charge in [-0.2, -0.15) is 0 Å². The van der Waals surface area contributed by atoms with E-state index >= 15 is 0 Å². The van der Waals surface area contributed by atoms with Crippen LogP contribution in [-0.2, 0) is 0 Å². The lowest BCUT2D eigenvalue weighted by Crippen LogP contribution is -2.07. The largest absolute Gasteiger partial charge is 0.504 e. The highest BCUT2D eigenvalue weighted by atomic mass is 16.5. The summed E-state index contributed by atoms with van der Waals surface area (Å²) in [7, 11) is 0. The zero-order valence-electron chi connectivity index (χ0n) is 20.4. The molecule has 5 aromatic rings. The van der Waals surface area contributed by atoms with Crippen molar-refractivity contribution in [2.75, 3.05) is 0 Å². The van der Waals surface area contributed by atoms with Gasteiger partial charge in [-0.05, 0) is 78.9 Å². The van der Waals surface area contributed by atoms with Gasteiger partial charge in [0.05, 0.1) is 11.1 Å². The van der Waals surface area contributed by atoms with Crippen LogP contribution in [-0.4, -0.2) is 26.9 Å². The second-order valence-corrected chi connectivity index (χ2v) is 8.55. The van der Waals surface area contributed by atoms with Crippen molar-refractivity contribution in [3.8, 4) is 40.2 Å². The molecule has 0 fully saturated rings. The first-order valence-corrected chi connectivity index (χ1v) is 11.9. The van der Waals surface area contributed by atoms with E-state index in [0.717, 1.165) is 6.07 Å². The lowest BCUT2D eigenvalue weighted by Gasteiger charge is -2.12. The number of ether oxygens (including phenoxy) is 2. The van der Waals surface area contributed by atoms with E-state index in [4.69, 9.17) is 9.47 Å². The van der Waals surface area contributed by atoms with Crippen molar-refractivity contribution in [2.24, 2.45) is 0 Å². The van der Waals surface area contributed by atoms with Crippen LogP contribution in [0.5, 0.6) is 40.2 Å². The van der Waals surface area contributed by atoms with E-state index in [-0.39, 0.29) is 22.3 Å². The number of rotatable bonds is 8. The van der Waals surface area contributed by atoms with Crippen LogP contribution in [0, 0.1) is 0 Å². The van der Waals surface area contributed by atoms with E-state index in [2.05, 4.69) is 0 Å². The Labute approximate surface area is 223 Å². The van der Waals surface area contributed by atoms with Gasteiger partial charge in [0.2, 0.25) is 5.75 Å². The van der Waals surface area contributed by atoms with Crippen LogP contribution in [0.25, 0.3) is 0 Å². The fourth-order valence-corrected chi connectivity index (χ4v) is 3.90. The van der Waals surface area contributed by atoms with Gasteiger partial charge in [0.1, 0.15) is 23.0 Å². The quantitative estimate of drug-likeness (QED) is 0.152. The summed E-state index contributed by atoms with van der Waals surface area (Å²) in [5.41, 5.74) is -0.322. The third kappa shape index (κ3) is 5.42. The van der Waals surface area contributed by atoms with E-state index in [1.165, 1.54) is 24.3 Å². The molecule has 7 nitrogen and oxygen atoms in total. The average Bonchev–Trinajstić information content (AvgIpc) is 2.97. The molecule has 0 amide bonds. The second-order valence-electron chi connectivity index (χ2n) is 8.55. The number of hydrogen-bond acceptors (Lipinski definition) is 7. The molecule has 5 aromatic carbocycles. The number of phenols is 3. The van der Waals surface area contributed by atoms with E-state index in [0.29, 0.717) is 23.0 Å². The Morgan fingerprint density at radius 3 is 1.13 bits per heavy atom. The number of carbonyl (C=O) groups excluding carboxylic acids is 2. The third-order valence-electron chi connectivity index (χ3n) is 5.93. The Bertz CT molecular complexity index is 1510. The van der Waals surface area contributed by atoms with Crippen LogP contribution in [0.3, 0.4) is 0 Å². The summed E-state index contributed by atoms with van der Waals surface area (Å²) in [6.07, 6.45) is 0.